The second kappa shape index (κ2) is 3.82. The molecule has 1 aliphatic carbocycles. The van der Waals surface area contributed by atoms with Gasteiger partial charge >= 0.3 is 0 Å². The molecule has 0 saturated heterocycles. The molecule has 0 aromatic carbocycles. The molecule has 9 heavy (non-hydrogen) atoms. The average molecular weight is 130 g/mol. The van der Waals surface area contributed by atoms with Crippen molar-refractivity contribution in [3.05, 3.63) is 0 Å². The Morgan fingerprint density at radius 3 is 2.78 bits per heavy atom. The standard InChI is InChI=1S/C6H14N2O/c1-7-8-5-9-6-3-2-4-6/h6-8H,2-5H2,1H3. The Labute approximate surface area is 55.7 Å². The van der Waals surface area contributed by atoms with Crippen LogP contribution in [0.15, 0.2) is 0 Å². The molecule has 0 unspecified atom stereocenters. The molecule has 0 heterocycles. The van der Waals surface area contributed by atoms with Gasteiger partial charge in [0.15, 0.2) is 0 Å². The summed E-state index contributed by atoms with van der Waals surface area (Å²) in [5.41, 5.74) is 5.67. The Kier molecular flexibility index (Phi) is 2.97. The van der Waals surface area contributed by atoms with Gasteiger partial charge in [0.1, 0.15) is 6.73 Å². The van der Waals surface area contributed by atoms with Gasteiger partial charge in [0.05, 0.1) is 6.10 Å². The van der Waals surface area contributed by atoms with Crippen LogP contribution in [0.2, 0.25) is 0 Å². The highest BCUT2D eigenvalue weighted by atomic mass is 16.5. The van der Waals surface area contributed by atoms with Crippen LogP contribution in [0.3, 0.4) is 0 Å². The molecule has 2 N–H and O–H groups in total. The minimum absolute atomic E-state index is 0.533. The monoisotopic (exact) mass is 130 g/mol. The third-order valence-electron chi connectivity index (χ3n) is 1.62. The second-order valence-electron chi connectivity index (χ2n) is 2.29. The highest BCUT2D eigenvalue weighted by Gasteiger charge is 2.16. The van der Waals surface area contributed by atoms with Gasteiger partial charge in [0.2, 0.25) is 0 Å². The van der Waals surface area contributed by atoms with E-state index in [1.54, 1.807) is 0 Å². The SMILES string of the molecule is CNNCOC1CCC1. The predicted molar refractivity (Wildman–Crippen MR) is 35.8 cm³/mol. The van der Waals surface area contributed by atoms with Crippen LogP contribution >= 0.6 is 0 Å². The Morgan fingerprint density at radius 2 is 2.33 bits per heavy atom. The minimum Gasteiger partial charge on any atom is -0.362 e. The first-order valence-electron chi connectivity index (χ1n) is 3.44. The first kappa shape index (κ1) is 6.99. The minimum atomic E-state index is 0.533. The van der Waals surface area contributed by atoms with Crippen molar-refractivity contribution in [1.82, 2.24) is 10.9 Å². The molecule has 0 aliphatic heterocycles. The van der Waals surface area contributed by atoms with Gasteiger partial charge in [-0.2, -0.15) is 0 Å². The van der Waals surface area contributed by atoms with Gasteiger partial charge in [-0.15, -0.1) is 0 Å². The van der Waals surface area contributed by atoms with Gasteiger partial charge in [0, 0.05) is 0 Å². The second-order valence-corrected chi connectivity index (χ2v) is 2.29. The summed E-state index contributed by atoms with van der Waals surface area (Å²) in [4.78, 5) is 0. The molecule has 0 radical (unpaired) electrons. The normalized spacial score (nSPS) is 19.7. The number of nitrogens with one attached hydrogen (secondary N) is 2. The van der Waals surface area contributed by atoms with Gasteiger partial charge in [-0.3, -0.25) is 5.43 Å². The van der Waals surface area contributed by atoms with Crippen molar-refractivity contribution in [1.29, 1.82) is 0 Å². The van der Waals surface area contributed by atoms with Crippen LogP contribution in [0.1, 0.15) is 19.3 Å². The summed E-state index contributed by atoms with van der Waals surface area (Å²) in [5.74, 6) is 0. The number of ether oxygens (including phenoxy) is 1. The van der Waals surface area contributed by atoms with E-state index in [1.165, 1.54) is 19.3 Å². The van der Waals surface area contributed by atoms with Crippen LogP contribution in [0.5, 0.6) is 0 Å². The van der Waals surface area contributed by atoms with E-state index < -0.39 is 0 Å². The zero-order valence-corrected chi connectivity index (χ0v) is 5.81. The molecule has 0 aromatic rings. The maximum Gasteiger partial charge on any atom is 0.109 e. The fourth-order valence-corrected chi connectivity index (χ4v) is 0.769. The third kappa shape index (κ3) is 2.30. The molecule has 0 spiro atoms. The van der Waals surface area contributed by atoms with E-state index in [2.05, 4.69) is 10.9 Å². The van der Waals surface area contributed by atoms with Gasteiger partial charge in [-0.05, 0) is 26.3 Å². The average Bonchev–Trinajstić information content (AvgIpc) is 1.76. The fourth-order valence-electron chi connectivity index (χ4n) is 0.769. The van der Waals surface area contributed by atoms with Crippen LogP contribution in [0.4, 0.5) is 0 Å². The number of rotatable bonds is 4. The van der Waals surface area contributed by atoms with Crippen molar-refractivity contribution < 1.29 is 4.74 Å². The Hall–Kier alpha value is -0.120. The van der Waals surface area contributed by atoms with E-state index >= 15 is 0 Å². The Balaban J connectivity index is 1.80. The lowest BCUT2D eigenvalue weighted by Gasteiger charge is -2.25. The zero-order chi connectivity index (χ0) is 6.53. The highest BCUT2D eigenvalue weighted by Crippen LogP contribution is 2.20. The maximum atomic E-state index is 5.34. The smallest absolute Gasteiger partial charge is 0.109 e. The van der Waals surface area contributed by atoms with Gasteiger partial charge in [0.25, 0.3) is 0 Å². The first-order valence-corrected chi connectivity index (χ1v) is 3.44. The van der Waals surface area contributed by atoms with Crippen molar-refractivity contribution in [3.8, 4) is 0 Å². The van der Waals surface area contributed by atoms with E-state index in [9.17, 15) is 0 Å². The summed E-state index contributed by atoms with van der Waals surface area (Å²) in [6, 6.07) is 0. The summed E-state index contributed by atoms with van der Waals surface area (Å²) < 4.78 is 5.34. The lowest BCUT2D eigenvalue weighted by atomic mass is 9.96. The largest absolute Gasteiger partial charge is 0.362 e. The lowest BCUT2D eigenvalue weighted by molar-refractivity contribution is -0.0111. The fraction of sp³-hybridized carbons (Fsp3) is 1.00. The predicted octanol–water partition coefficient (Wildman–Crippen LogP) is 0.237. The molecule has 54 valence electrons. The molecule has 3 heteroatoms. The molecule has 1 fully saturated rings. The molecule has 3 nitrogen and oxygen atoms in total. The molecule has 0 aromatic heterocycles. The molecule has 0 amide bonds. The first-order chi connectivity index (χ1) is 4.43. The molecule has 1 rings (SSSR count). The van der Waals surface area contributed by atoms with Crippen LogP contribution in [-0.2, 0) is 4.74 Å². The summed E-state index contributed by atoms with van der Waals surface area (Å²) >= 11 is 0. The quantitative estimate of drug-likeness (QED) is 0.325. The van der Waals surface area contributed by atoms with Crippen LogP contribution < -0.4 is 10.9 Å². The van der Waals surface area contributed by atoms with E-state index in [-0.39, 0.29) is 0 Å². The summed E-state index contributed by atoms with van der Waals surface area (Å²) in [6.45, 7) is 0.626. The topological polar surface area (TPSA) is 33.3 Å². The van der Waals surface area contributed by atoms with E-state index in [4.69, 9.17) is 4.74 Å². The molecule has 1 aliphatic rings. The van der Waals surface area contributed by atoms with Gasteiger partial charge in [-0.25, -0.2) is 5.43 Å². The zero-order valence-electron chi connectivity index (χ0n) is 5.81. The molecule has 0 bridgehead atoms. The van der Waals surface area contributed by atoms with Crippen LogP contribution in [0.25, 0.3) is 0 Å². The molecule has 1 saturated carbocycles. The van der Waals surface area contributed by atoms with Crippen molar-refractivity contribution in [2.75, 3.05) is 13.8 Å². The van der Waals surface area contributed by atoms with Crippen LogP contribution in [0, 0.1) is 0 Å². The number of hydrogen-bond acceptors (Lipinski definition) is 3. The third-order valence-corrected chi connectivity index (χ3v) is 1.62. The number of hydrazine groups is 1. The summed E-state index contributed by atoms with van der Waals surface area (Å²) in [6.07, 6.45) is 4.35. The van der Waals surface area contributed by atoms with Crippen LogP contribution in [-0.4, -0.2) is 19.9 Å². The van der Waals surface area contributed by atoms with Crippen molar-refractivity contribution in [2.45, 2.75) is 25.4 Å². The summed E-state index contributed by atoms with van der Waals surface area (Å²) in [5, 5.41) is 0. The van der Waals surface area contributed by atoms with Gasteiger partial charge < -0.3 is 4.74 Å². The van der Waals surface area contributed by atoms with Crippen molar-refractivity contribution in [2.24, 2.45) is 0 Å². The van der Waals surface area contributed by atoms with E-state index in [1.807, 2.05) is 7.05 Å². The van der Waals surface area contributed by atoms with Gasteiger partial charge in [-0.1, -0.05) is 0 Å². The molecular formula is C6H14N2O. The van der Waals surface area contributed by atoms with E-state index in [0.29, 0.717) is 12.8 Å². The highest BCUT2D eigenvalue weighted by molar-refractivity contribution is 4.68. The number of hydrogen-bond donors (Lipinski definition) is 2. The summed E-state index contributed by atoms with van der Waals surface area (Å²) in [7, 11) is 1.84. The maximum absolute atomic E-state index is 5.34. The Bertz CT molecular complexity index is 73.5. The Morgan fingerprint density at radius 1 is 1.56 bits per heavy atom. The lowest BCUT2D eigenvalue weighted by Crippen LogP contribution is -2.34. The molecule has 0 atom stereocenters. The van der Waals surface area contributed by atoms with E-state index in [0.717, 1.165) is 0 Å². The van der Waals surface area contributed by atoms with Crippen molar-refractivity contribution in [3.63, 3.8) is 0 Å². The molecular weight excluding hydrogens is 116 g/mol. The van der Waals surface area contributed by atoms with Crippen molar-refractivity contribution >= 4 is 0 Å².